The molecule has 0 aliphatic rings. The Bertz CT molecular complexity index is 1110. The van der Waals surface area contributed by atoms with E-state index in [2.05, 4.69) is 20.6 Å². The molecule has 0 aliphatic carbocycles. The Morgan fingerprint density at radius 2 is 1.82 bits per heavy atom. The summed E-state index contributed by atoms with van der Waals surface area (Å²) in [4.78, 5) is 12.5. The van der Waals surface area contributed by atoms with Crippen LogP contribution in [-0.4, -0.2) is 36.8 Å². The highest BCUT2D eigenvalue weighted by molar-refractivity contribution is 5.79. The first kappa shape index (κ1) is 17.9. The highest BCUT2D eigenvalue weighted by atomic mass is 16.1. The zero-order valence-corrected chi connectivity index (χ0v) is 16.0. The predicted octanol–water partition coefficient (Wildman–Crippen LogP) is 2.43. The summed E-state index contributed by atoms with van der Waals surface area (Å²) in [5.74, 6) is 0.813. The number of fused-ring (bicyclic) bond motifs is 1. The highest BCUT2D eigenvalue weighted by Crippen LogP contribution is 2.18. The molecule has 3 aromatic heterocycles. The van der Waals surface area contributed by atoms with Crippen LogP contribution in [0.15, 0.2) is 54.7 Å². The molecule has 7 nitrogen and oxygen atoms in total. The molecule has 0 aliphatic heterocycles. The Kier molecular flexibility index (Phi) is 4.89. The van der Waals surface area contributed by atoms with Gasteiger partial charge < -0.3 is 5.32 Å². The van der Waals surface area contributed by atoms with Crippen LogP contribution in [0.3, 0.4) is 0 Å². The minimum atomic E-state index is -0.0207. The zero-order chi connectivity index (χ0) is 19.5. The lowest BCUT2D eigenvalue weighted by molar-refractivity contribution is -0.120. The lowest BCUT2D eigenvalue weighted by Crippen LogP contribution is -2.28. The van der Waals surface area contributed by atoms with Crippen LogP contribution in [0.4, 0.5) is 0 Å². The summed E-state index contributed by atoms with van der Waals surface area (Å²) in [5, 5.41) is 15.9. The molecule has 7 heteroatoms. The third-order valence-electron chi connectivity index (χ3n) is 4.83. The number of para-hydroxylation sites is 1. The molecule has 0 saturated heterocycles. The molecule has 1 aromatic carbocycles. The second-order valence-electron chi connectivity index (χ2n) is 6.72. The van der Waals surface area contributed by atoms with Gasteiger partial charge >= 0.3 is 0 Å². The van der Waals surface area contributed by atoms with Gasteiger partial charge in [-0.05, 0) is 38.1 Å². The van der Waals surface area contributed by atoms with Crippen LogP contribution < -0.4 is 5.32 Å². The summed E-state index contributed by atoms with van der Waals surface area (Å²) in [6.07, 6.45) is 2.86. The molecular formula is C21H22N6O. The first-order valence-corrected chi connectivity index (χ1v) is 9.29. The first-order chi connectivity index (χ1) is 13.6. The van der Waals surface area contributed by atoms with E-state index in [1.807, 2.05) is 77.7 Å². The number of rotatable bonds is 6. The summed E-state index contributed by atoms with van der Waals surface area (Å²) in [7, 11) is 0. The molecule has 4 aromatic rings. The first-order valence-electron chi connectivity index (χ1n) is 9.29. The fraction of sp³-hybridized carbons (Fsp3) is 0.238. The second kappa shape index (κ2) is 7.64. The number of aromatic nitrogens is 5. The minimum absolute atomic E-state index is 0.0207. The van der Waals surface area contributed by atoms with Gasteiger partial charge in [-0.3, -0.25) is 9.20 Å². The van der Waals surface area contributed by atoms with E-state index < -0.39 is 0 Å². The van der Waals surface area contributed by atoms with Gasteiger partial charge in [-0.15, -0.1) is 10.2 Å². The van der Waals surface area contributed by atoms with Crippen molar-refractivity contribution in [2.45, 2.75) is 26.7 Å². The van der Waals surface area contributed by atoms with Crippen LogP contribution in [0.2, 0.25) is 0 Å². The summed E-state index contributed by atoms with van der Waals surface area (Å²) < 4.78 is 3.82. The fourth-order valence-electron chi connectivity index (χ4n) is 3.35. The van der Waals surface area contributed by atoms with Crippen LogP contribution in [0.5, 0.6) is 0 Å². The van der Waals surface area contributed by atoms with E-state index in [1.54, 1.807) is 0 Å². The molecule has 3 heterocycles. The third-order valence-corrected chi connectivity index (χ3v) is 4.83. The summed E-state index contributed by atoms with van der Waals surface area (Å²) in [5.41, 5.74) is 4.63. The van der Waals surface area contributed by atoms with E-state index in [-0.39, 0.29) is 5.91 Å². The highest BCUT2D eigenvalue weighted by Gasteiger charge is 2.16. The molecule has 0 atom stereocenters. The molecule has 0 fully saturated rings. The smallest absolute Gasteiger partial charge is 0.224 e. The average Bonchev–Trinajstić information content (AvgIpc) is 3.25. The van der Waals surface area contributed by atoms with E-state index in [9.17, 15) is 4.79 Å². The lowest BCUT2D eigenvalue weighted by Gasteiger charge is -2.07. The number of amides is 1. The molecule has 28 heavy (non-hydrogen) atoms. The normalized spacial score (nSPS) is 11.1. The van der Waals surface area contributed by atoms with E-state index in [4.69, 9.17) is 0 Å². The van der Waals surface area contributed by atoms with Gasteiger partial charge in [0, 0.05) is 30.4 Å². The van der Waals surface area contributed by atoms with Crippen LogP contribution in [0, 0.1) is 13.8 Å². The summed E-state index contributed by atoms with van der Waals surface area (Å²) in [6, 6.07) is 15.7. The van der Waals surface area contributed by atoms with Crippen LogP contribution in [0.25, 0.3) is 11.3 Å². The molecular weight excluding hydrogens is 352 g/mol. The number of hydrogen-bond acceptors (Lipinski definition) is 4. The number of nitrogens with zero attached hydrogens (tertiary/aromatic N) is 5. The van der Waals surface area contributed by atoms with Crippen LogP contribution in [-0.2, 0) is 17.6 Å². The number of carbonyl (C=O) groups excluding carboxylic acids is 1. The molecule has 142 valence electrons. The number of hydrogen-bond donors (Lipinski definition) is 1. The quantitative estimate of drug-likeness (QED) is 0.562. The van der Waals surface area contributed by atoms with Crippen molar-refractivity contribution >= 4 is 11.6 Å². The standard InChI is InChI=1S/C21H22N6O/c1-15-18(16(2)27(25-15)17-8-4-3-5-9-17)14-21(28)22-12-11-20-24-23-19-10-6-7-13-26(19)20/h3-10,13H,11-12,14H2,1-2H3,(H,22,28). The van der Waals surface area contributed by atoms with Crippen molar-refractivity contribution in [1.29, 1.82) is 0 Å². The SMILES string of the molecule is Cc1nn(-c2ccccc2)c(C)c1CC(=O)NCCc1nnc2ccccn12. The van der Waals surface area contributed by atoms with Gasteiger partial charge in [-0.25, -0.2) is 4.68 Å². The van der Waals surface area contributed by atoms with E-state index in [1.165, 1.54) is 0 Å². The van der Waals surface area contributed by atoms with E-state index >= 15 is 0 Å². The van der Waals surface area contributed by atoms with Gasteiger partial charge in [0.25, 0.3) is 0 Å². The zero-order valence-electron chi connectivity index (χ0n) is 16.0. The van der Waals surface area contributed by atoms with Gasteiger partial charge in [0.1, 0.15) is 5.82 Å². The van der Waals surface area contributed by atoms with Crippen molar-refractivity contribution < 1.29 is 4.79 Å². The molecule has 0 spiro atoms. The molecule has 0 radical (unpaired) electrons. The van der Waals surface area contributed by atoms with Crippen molar-refractivity contribution in [3.8, 4) is 5.69 Å². The maximum absolute atomic E-state index is 12.5. The minimum Gasteiger partial charge on any atom is -0.355 e. The monoisotopic (exact) mass is 374 g/mol. The second-order valence-corrected chi connectivity index (χ2v) is 6.72. The number of benzene rings is 1. The van der Waals surface area contributed by atoms with Crippen molar-refractivity contribution in [3.63, 3.8) is 0 Å². The molecule has 0 saturated carbocycles. The van der Waals surface area contributed by atoms with Crippen molar-refractivity contribution in [3.05, 3.63) is 77.5 Å². The Morgan fingerprint density at radius 1 is 1.04 bits per heavy atom. The number of nitrogens with one attached hydrogen (secondary N) is 1. The Labute approximate surface area is 163 Å². The Morgan fingerprint density at radius 3 is 2.64 bits per heavy atom. The maximum Gasteiger partial charge on any atom is 0.224 e. The largest absolute Gasteiger partial charge is 0.355 e. The van der Waals surface area contributed by atoms with Crippen molar-refractivity contribution in [2.75, 3.05) is 6.54 Å². The molecule has 0 unspecified atom stereocenters. The summed E-state index contributed by atoms with van der Waals surface area (Å²) >= 11 is 0. The summed E-state index contributed by atoms with van der Waals surface area (Å²) in [6.45, 7) is 4.45. The average molecular weight is 374 g/mol. The van der Waals surface area contributed by atoms with Crippen LogP contribution >= 0.6 is 0 Å². The topological polar surface area (TPSA) is 77.1 Å². The molecule has 0 bridgehead atoms. The van der Waals surface area contributed by atoms with Gasteiger partial charge in [0.2, 0.25) is 5.91 Å². The Hall–Kier alpha value is -3.48. The molecule has 4 rings (SSSR count). The lowest BCUT2D eigenvalue weighted by atomic mass is 10.1. The fourth-order valence-corrected chi connectivity index (χ4v) is 3.35. The maximum atomic E-state index is 12.5. The van der Waals surface area contributed by atoms with E-state index in [0.717, 1.165) is 34.1 Å². The predicted molar refractivity (Wildman–Crippen MR) is 106 cm³/mol. The van der Waals surface area contributed by atoms with Crippen LogP contribution in [0.1, 0.15) is 22.8 Å². The van der Waals surface area contributed by atoms with Gasteiger partial charge in [0.05, 0.1) is 17.8 Å². The van der Waals surface area contributed by atoms with Crippen molar-refractivity contribution in [1.82, 2.24) is 29.7 Å². The van der Waals surface area contributed by atoms with Gasteiger partial charge in [-0.2, -0.15) is 5.10 Å². The third kappa shape index (κ3) is 3.51. The molecule has 1 N–H and O–H groups in total. The van der Waals surface area contributed by atoms with Gasteiger partial charge in [0.15, 0.2) is 5.65 Å². The number of aryl methyl sites for hydroxylation is 1. The van der Waals surface area contributed by atoms with Crippen molar-refractivity contribution in [2.24, 2.45) is 0 Å². The number of pyridine rings is 1. The number of carbonyl (C=O) groups is 1. The van der Waals surface area contributed by atoms with Gasteiger partial charge in [-0.1, -0.05) is 24.3 Å². The van der Waals surface area contributed by atoms with E-state index in [0.29, 0.717) is 19.4 Å². The Balaban J connectivity index is 1.39. The molecule has 1 amide bonds.